The second kappa shape index (κ2) is 7.22. The largest absolute Gasteiger partial charge is 0.478 e. The van der Waals surface area contributed by atoms with Gasteiger partial charge >= 0.3 is 5.97 Å². The predicted octanol–water partition coefficient (Wildman–Crippen LogP) is 2.93. The minimum absolute atomic E-state index is 0.171. The average Bonchev–Trinajstić information content (AvgIpc) is 2.45. The zero-order valence-electron chi connectivity index (χ0n) is 12.1. The maximum Gasteiger partial charge on any atom is 0.328 e. The van der Waals surface area contributed by atoms with Crippen LogP contribution in [0.15, 0.2) is 24.3 Å². The second-order valence-electron chi connectivity index (χ2n) is 5.08. The van der Waals surface area contributed by atoms with Crippen LogP contribution in [0.4, 0.5) is 10.1 Å². The molecule has 1 saturated heterocycles. The van der Waals surface area contributed by atoms with E-state index in [1.165, 1.54) is 18.2 Å². The summed E-state index contributed by atoms with van der Waals surface area (Å²) in [6, 6.07) is 4.61. The van der Waals surface area contributed by atoms with Gasteiger partial charge in [-0.05, 0) is 49.6 Å². The number of benzene rings is 1. The molecular formula is C16H20FNO3. The molecule has 1 fully saturated rings. The zero-order chi connectivity index (χ0) is 15.2. The van der Waals surface area contributed by atoms with Gasteiger partial charge in [0.05, 0.1) is 6.10 Å². The number of halogens is 1. The second-order valence-corrected chi connectivity index (χ2v) is 5.08. The van der Waals surface area contributed by atoms with Crippen molar-refractivity contribution in [3.05, 3.63) is 35.7 Å². The maximum absolute atomic E-state index is 13.7. The van der Waals surface area contributed by atoms with E-state index < -0.39 is 5.97 Å². The summed E-state index contributed by atoms with van der Waals surface area (Å²) in [6.45, 7) is 4.23. The van der Waals surface area contributed by atoms with Crippen molar-refractivity contribution in [1.29, 1.82) is 0 Å². The molecule has 1 aliphatic rings. The molecule has 0 spiro atoms. The van der Waals surface area contributed by atoms with Crippen LogP contribution in [0.2, 0.25) is 0 Å². The van der Waals surface area contributed by atoms with E-state index in [-0.39, 0.29) is 11.9 Å². The van der Waals surface area contributed by atoms with Gasteiger partial charge in [-0.3, -0.25) is 0 Å². The highest BCUT2D eigenvalue weighted by atomic mass is 19.1. The van der Waals surface area contributed by atoms with Crippen LogP contribution in [0.25, 0.3) is 6.08 Å². The molecule has 1 aromatic rings. The van der Waals surface area contributed by atoms with Crippen LogP contribution < -0.4 is 4.90 Å². The van der Waals surface area contributed by atoms with Crippen molar-refractivity contribution in [1.82, 2.24) is 0 Å². The SMILES string of the molecule is CCOC1CCCN(c2cc(F)cc(/C=C/C(=O)O)c2)C1. The summed E-state index contributed by atoms with van der Waals surface area (Å²) in [7, 11) is 0. The Hall–Kier alpha value is -1.88. The van der Waals surface area contributed by atoms with E-state index in [9.17, 15) is 9.18 Å². The maximum atomic E-state index is 13.7. The molecule has 0 bridgehead atoms. The first-order valence-electron chi connectivity index (χ1n) is 7.16. The van der Waals surface area contributed by atoms with Crippen molar-refractivity contribution in [3.8, 4) is 0 Å². The highest BCUT2D eigenvalue weighted by molar-refractivity contribution is 5.85. The third kappa shape index (κ3) is 4.56. The minimum Gasteiger partial charge on any atom is -0.478 e. The number of rotatable bonds is 5. The summed E-state index contributed by atoms with van der Waals surface area (Å²) < 4.78 is 19.4. The molecule has 1 heterocycles. The lowest BCUT2D eigenvalue weighted by molar-refractivity contribution is -0.131. The van der Waals surface area contributed by atoms with Crippen molar-refractivity contribution in [2.24, 2.45) is 0 Å². The Kier molecular flexibility index (Phi) is 5.33. The first-order valence-corrected chi connectivity index (χ1v) is 7.16. The van der Waals surface area contributed by atoms with Gasteiger partial charge in [-0.2, -0.15) is 0 Å². The van der Waals surface area contributed by atoms with Gasteiger partial charge in [0.2, 0.25) is 0 Å². The van der Waals surface area contributed by atoms with E-state index in [0.717, 1.165) is 37.7 Å². The van der Waals surface area contributed by atoms with Gasteiger partial charge in [0.1, 0.15) is 5.82 Å². The van der Waals surface area contributed by atoms with Gasteiger partial charge in [-0.1, -0.05) is 0 Å². The van der Waals surface area contributed by atoms with Crippen molar-refractivity contribution in [3.63, 3.8) is 0 Å². The van der Waals surface area contributed by atoms with E-state index in [0.29, 0.717) is 12.2 Å². The highest BCUT2D eigenvalue weighted by Crippen LogP contribution is 2.24. The van der Waals surface area contributed by atoms with Crippen molar-refractivity contribution >= 4 is 17.7 Å². The Bertz CT molecular complexity index is 528. The number of anilines is 1. The Morgan fingerprint density at radius 3 is 3.05 bits per heavy atom. The molecule has 1 unspecified atom stereocenters. The van der Waals surface area contributed by atoms with Crippen LogP contribution in [-0.4, -0.2) is 36.9 Å². The number of hydrogen-bond donors (Lipinski definition) is 1. The lowest BCUT2D eigenvalue weighted by Gasteiger charge is -2.34. The summed E-state index contributed by atoms with van der Waals surface area (Å²) in [5, 5.41) is 8.65. The van der Waals surface area contributed by atoms with Crippen LogP contribution in [0.5, 0.6) is 0 Å². The number of carboxylic acid groups (broad SMARTS) is 1. The summed E-state index contributed by atoms with van der Waals surface area (Å²) in [5.41, 5.74) is 1.32. The first-order chi connectivity index (χ1) is 10.1. The van der Waals surface area contributed by atoms with Crippen molar-refractivity contribution in [2.45, 2.75) is 25.9 Å². The standard InChI is InChI=1S/C16H20FNO3/c1-2-21-15-4-3-7-18(11-15)14-9-12(5-6-16(19)20)8-13(17)10-14/h5-6,8-10,15H,2-4,7,11H2,1H3,(H,19,20)/b6-5+. The number of ether oxygens (including phenoxy) is 1. The first kappa shape index (κ1) is 15.5. The molecule has 21 heavy (non-hydrogen) atoms. The minimum atomic E-state index is -1.05. The van der Waals surface area contributed by atoms with E-state index in [4.69, 9.17) is 9.84 Å². The smallest absolute Gasteiger partial charge is 0.328 e. The zero-order valence-corrected chi connectivity index (χ0v) is 12.1. The number of hydrogen-bond acceptors (Lipinski definition) is 3. The third-order valence-electron chi connectivity index (χ3n) is 3.47. The third-order valence-corrected chi connectivity index (χ3v) is 3.47. The Balaban J connectivity index is 2.16. The van der Waals surface area contributed by atoms with Gasteiger partial charge in [0.15, 0.2) is 0 Å². The summed E-state index contributed by atoms with van der Waals surface area (Å²) in [4.78, 5) is 12.6. The van der Waals surface area contributed by atoms with Crippen LogP contribution in [0, 0.1) is 5.82 Å². The Morgan fingerprint density at radius 2 is 2.33 bits per heavy atom. The van der Waals surface area contributed by atoms with Crippen LogP contribution in [0.1, 0.15) is 25.3 Å². The van der Waals surface area contributed by atoms with E-state index in [1.807, 2.05) is 6.92 Å². The molecular weight excluding hydrogens is 273 g/mol. The molecule has 0 amide bonds. The fraction of sp³-hybridized carbons (Fsp3) is 0.438. The lowest BCUT2D eigenvalue weighted by atomic mass is 10.1. The van der Waals surface area contributed by atoms with Gasteiger partial charge in [0, 0.05) is 31.5 Å². The van der Waals surface area contributed by atoms with Crippen LogP contribution in [-0.2, 0) is 9.53 Å². The molecule has 1 N–H and O–H groups in total. The topological polar surface area (TPSA) is 49.8 Å². The molecule has 0 radical (unpaired) electrons. The monoisotopic (exact) mass is 293 g/mol. The van der Waals surface area contributed by atoms with Crippen LogP contribution in [0.3, 0.4) is 0 Å². The van der Waals surface area contributed by atoms with E-state index >= 15 is 0 Å². The molecule has 0 aromatic heterocycles. The molecule has 0 aliphatic carbocycles. The normalized spacial score (nSPS) is 19.1. The molecule has 114 valence electrons. The van der Waals surface area contributed by atoms with Crippen molar-refractivity contribution < 1.29 is 19.0 Å². The molecule has 5 heteroatoms. The van der Waals surface area contributed by atoms with Gasteiger partial charge < -0.3 is 14.7 Å². The highest BCUT2D eigenvalue weighted by Gasteiger charge is 2.20. The molecule has 4 nitrogen and oxygen atoms in total. The lowest BCUT2D eigenvalue weighted by Crippen LogP contribution is -2.39. The number of carboxylic acids is 1. The average molecular weight is 293 g/mol. The fourth-order valence-electron chi connectivity index (χ4n) is 2.59. The van der Waals surface area contributed by atoms with E-state index in [1.54, 1.807) is 6.07 Å². The van der Waals surface area contributed by atoms with Crippen molar-refractivity contribution in [2.75, 3.05) is 24.6 Å². The quantitative estimate of drug-likeness (QED) is 0.848. The fourth-order valence-corrected chi connectivity index (χ4v) is 2.59. The predicted molar refractivity (Wildman–Crippen MR) is 79.9 cm³/mol. The number of aliphatic carboxylic acids is 1. The molecule has 0 saturated carbocycles. The Labute approximate surface area is 123 Å². The van der Waals surface area contributed by atoms with Gasteiger partial charge in [-0.15, -0.1) is 0 Å². The molecule has 1 atom stereocenters. The number of nitrogens with zero attached hydrogens (tertiary/aromatic N) is 1. The van der Waals surface area contributed by atoms with E-state index in [2.05, 4.69) is 4.90 Å². The summed E-state index contributed by atoms with van der Waals surface area (Å²) in [6.07, 6.45) is 4.61. The molecule has 1 aliphatic heterocycles. The van der Waals surface area contributed by atoms with Gasteiger partial charge in [-0.25, -0.2) is 9.18 Å². The van der Waals surface area contributed by atoms with Crippen LogP contribution >= 0.6 is 0 Å². The summed E-state index contributed by atoms with van der Waals surface area (Å²) >= 11 is 0. The Morgan fingerprint density at radius 1 is 1.52 bits per heavy atom. The number of piperidine rings is 1. The molecule has 2 rings (SSSR count). The number of carbonyl (C=O) groups is 1. The van der Waals surface area contributed by atoms with Gasteiger partial charge in [0.25, 0.3) is 0 Å². The molecule has 1 aromatic carbocycles. The summed E-state index contributed by atoms with van der Waals surface area (Å²) in [5.74, 6) is -1.41.